The summed E-state index contributed by atoms with van der Waals surface area (Å²) in [6.07, 6.45) is 1.60. The number of aryl methyl sites for hydroxylation is 1. The molecule has 19 heavy (non-hydrogen) atoms. The molecule has 0 fully saturated rings. The quantitative estimate of drug-likeness (QED) is 0.910. The average Bonchev–Trinajstić information content (AvgIpc) is 2.85. The molecule has 2 rings (SSSR count). The molecule has 0 aliphatic heterocycles. The summed E-state index contributed by atoms with van der Waals surface area (Å²) < 4.78 is 5.17. The van der Waals surface area contributed by atoms with Gasteiger partial charge in [-0.1, -0.05) is 5.16 Å². The van der Waals surface area contributed by atoms with Crippen molar-refractivity contribution in [2.75, 3.05) is 25.5 Å². The second-order valence-electron chi connectivity index (χ2n) is 4.35. The third-order valence-electron chi connectivity index (χ3n) is 2.70. The van der Waals surface area contributed by atoms with E-state index in [2.05, 4.69) is 10.1 Å². The maximum atomic E-state index is 5.44. The fourth-order valence-corrected chi connectivity index (χ4v) is 1.64. The van der Waals surface area contributed by atoms with Crippen LogP contribution in [0.5, 0.6) is 0 Å². The Balaban J connectivity index is 0.00000180. The molecule has 0 bridgehead atoms. The van der Waals surface area contributed by atoms with E-state index in [4.69, 9.17) is 10.3 Å². The summed E-state index contributed by atoms with van der Waals surface area (Å²) in [6, 6.07) is 8.05. The number of benzene rings is 1. The van der Waals surface area contributed by atoms with Gasteiger partial charge in [0.2, 0.25) is 11.7 Å². The van der Waals surface area contributed by atoms with Gasteiger partial charge < -0.3 is 15.2 Å². The number of hydrogen-bond donors (Lipinski definition) is 1. The van der Waals surface area contributed by atoms with E-state index in [1.807, 2.05) is 43.3 Å². The molecule has 1 aromatic carbocycles. The zero-order valence-electron chi connectivity index (χ0n) is 11.2. The summed E-state index contributed by atoms with van der Waals surface area (Å²) in [5.41, 5.74) is 7.55. The van der Waals surface area contributed by atoms with E-state index in [-0.39, 0.29) is 12.4 Å². The molecule has 0 aliphatic carbocycles. The van der Waals surface area contributed by atoms with Crippen LogP contribution in [0.2, 0.25) is 0 Å². The first-order valence-corrected chi connectivity index (χ1v) is 6.01. The monoisotopic (exact) mass is 282 g/mol. The van der Waals surface area contributed by atoms with Gasteiger partial charge in [-0.15, -0.1) is 12.4 Å². The summed E-state index contributed by atoms with van der Waals surface area (Å²) in [6.45, 7) is 0.634. The molecule has 1 aromatic heterocycles. The molecular formula is C13H19ClN4O. The number of nitrogens with two attached hydrogens (primary N) is 1. The smallest absolute Gasteiger partial charge is 0.227 e. The molecule has 0 amide bonds. The van der Waals surface area contributed by atoms with E-state index in [0.29, 0.717) is 18.3 Å². The fraction of sp³-hybridized carbons (Fsp3) is 0.385. The normalized spacial score (nSPS) is 10.1. The standard InChI is InChI=1S/C13H18N4O.ClH/c1-17(2)11-7-5-10(6-8-11)13-15-12(18-16-13)4-3-9-14;/h5-8H,3-4,9,14H2,1-2H3;1H. The Hall–Kier alpha value is -1.59. The van der Waals surface area contributed by atoms with Crippen molar-refractivity contribution in [2.24, 2.45) is 5.73 Å². The topological polar surface area (TPSA) is 68.2 Å². The van der Waals surface area contributed by atoms with Gasteiger partial charge in [0.15, 0.2) is 0 Å². The highest BCUT2D eigenvalue weighted by Crippen LogP contribution is 2.20. The molecule has 6 heteroatoms. The molecule has 104 valence electrons. The summed E-state index contributed by atoms with van der Waals surface area (Å²) in [4.78, 5) is 6.39. The van der Waals surface area contributed by atoms with E-state index >= 15 is 0 Å². The van der Waals surface area contributed by atoms with Crippen LogP contribution in [-0.2, 0) is 6.42 Å². The summed E-state index contributed by atoms with van der Waals surface area (Å²) in [5, 5.41) is 3.97. The van der Waals surface area contributed by atoms with Gasteiger partial charge in [0.1, 0.15) is 0 Å². The van der Waals surface area contributed by atoms with Crippen LogP contribution in [0.1, 0.15) is 12.3 Å². The molecule has 2 aromatic rings. The van der Waals surface area contributed by atoms with Gasteiger partial charge in [-0.25, -0.2) is 0 Å². The van der Waals surface area contributed by atoms with Crippen LogP contribution in [0.4, 0.5) is 5.69 Å². The molecule has 0 saturated heterocycles. The summed E-state index contributed by atoms with van der Waals surface area (Å²) in [7, 11) is 4.02. The number of rotatable bonds is 5. The van der Waals surface area contributed by atoms with Gasteiger partial charge in [0.25, 0.3) is 0 Å². The van der Waals surface area contributed by atoms with Crippen molar-refractivity contribution in [3.63, 3.8) is 0 Å². The Labute approximate surface area is 119 Å². The highest BCUT2D eigenvalue weighted by molar-refractivity contribution is 5.85. The minimum atomic E-state index is 0. The average molecular weight is 283 g/mol. The van der Waals surface area contributed by atoms with Crippen molar-refractivity contribution >= 4 is 18.1 Å². The summed E-state index contributed by atoms with van der Waals surface area (Å²) >= 11 is 0. The van der Waals surface area contributed by atoms with Crippen LogP contribution in [0.3, 0.4) is 0 Å². The van der Waals surface area contributed by atoms with Crippen molar-refractivity contribution in [3.8, 4) is 11.4 Å². The van der Waals surface area contributed by atoms with Gasteiger partial charge >= 0.3 is 0 Å². The lowest BCUT2D eigenvalue weighted by atomic mass is 10.2. The largest absolute Gasteiger partial charge is 0.378 e. The van der Waals surface area contributed by atoms with Crippen LogP contribution >= 0.6 is 12.4 Å². The predicted octanol–water partition coefficient (Wildman–Crippen LogP) is 2.12. The van der Waals surface area contributed by atoms with E-state index in [0.717, 1.165) is 24.1 Å². The van der Waals surface area contributed by atoms with E-state index in [1.165, 1.54) is 0 Å². The second-order valence-corrected chi connectivity index (χ2v) is 4.35. The maximum Gasteiger partial charge on any atom is 0.227 e. The van der Waals surface area contributed by atoms with Gasteiger partial charge in [-0.05, 0) is 37.2 Å². The van der Waals surface area contributed by atoms with Gasteiger partial charge in [-0.2, -0.15) is 4.98 Å². The third kappa shape index (κ3) is 3.94. The molecule has 0 spiro atoms. The fourth-order valence-electron chi connectivity index (χ4n) is 1.64. The lowest BCUT2D eigenvalue weighted by Gasteiger charge is -2.11. The third-order valence-corrected chi connectivity index (χ3v) is 2.70. The second kappa shape index (κ2) is 7.11. The number of anilines is 1. The zero-order valence-corrected chi connectivity index (χ0v) is 12.0. The van der Waals surface area contributed by atoms with Crippen molar-refractivity contribution in [1.29, 1.82) is 0 Å². The SMILES string of the molecule is CN(C)c1ccc(-c2noc(CCCN)n2)cc1.Cl. The van der Waals surface area contributed by atoms with Crippen molar-refractivity contribution < 1.29 is 4.52 Å². The predicted molar refractivity (Wildman–Crippen MR) is 78.7 cm³/mol. The Morgan fingerprint density at radius 3 is 2.47 bits per heavy atom. The van der Waals surface area contributed by atoms with Gasteiger partial charge in [0.05, 0.1) is 0 Å². The molecular weight excluding hydrogens is 264 g/mol. The molecule has 0 saturated carbocycles. The summed E-state index contributed by atoms with van der Waals surface area (Å²) in [5.74, 6) is 1.28. The van der Waals surface area contributed by atoms with Crippen LogP contribution in [-0.4, -0.2) is 30.8 Å². The number of nitrogens with zero attached hydrogens (tertiary/aromatic N) is 3. The molecule has 0 unspecified atom stereocenters. The minimum Gasteiger partial charge on any atom is -0.378 e. The molecule has 0 radical (unpaired) electrons. The van der Waals surface area contributed by atoms with Crippen LogP contribution in [0.15, 0.2) is 28.8 Å². The molecule has 0 aliphatic rings. The van der Waals surface area contributed by atoms with Crippen molar-refractivity contribution in [3.05, 3.63) is 30.2 Å². The van der Waals surface area contributed by atoms with Crippen LogP contribution < -0.4 is 10.6 Å². The first kappa shape index (κ1) is 15.5. The molecule has 1 heterocycles. The Morgan fingerprint density at radius 2 is 1.89 bits per heavy atom. The Morgan fingerprint density at radius 1 is 1.21 bits per heavy atom. The van der Waals surface area contributed by atoms with Crippen LogP contribution in [0, 0.1) is 0 Å². The van der Waals surface area contributed by atoms with Gasteiger partial charge in [-0.3, -0.25) is 0 Å². The Kier molecular flexibility index (Phi) is 5.79. The Bertz CT molecular complexity index is 496. The first-order chi connectivity index (χ1) is 8.70. The van der Waals surface area contributed by atoms with Crippen molar-refractivity contribution in [2.45, 2.75) is 12.8 Å². The highest BCUT2D eigenvalue weighted by Gasteiger charge is 2.08. The lowest BCUT2D eigenvalue weighted by molar-refractivity contribution is 0.376. The lowest BCUT2D eigenvalue weighted by Crippen LogP contribution is -2.07. The number of aromatic nitrogens is 2. The molecule has 5 nitrogen and oxygen atoms in total. The zero-order chi connectivity index (χ0) is 13.0. The number of hydrogen-bond acceptors (Lipinski definition) is 5. The van der Waals surface area contributed by atoms with E-state index in [9.17, 15) is 0 Å². The van der Waals surface area contributed by atoms with E-state index in [1.54, 1.807) is 0 Å². The highest BCUT2D eigenvalue weighted by atomic mass is 35.5. The minimum absolute atomic E-state index is 0. The molecule has 0 atom stereocenters. The number of halogens is 1. The first-order valence-electron chi connectivity index (χ1n) is 6.01. The van der Waals surface area contributed by atoms with E-state index < -0.39 is 0 Å². The molecule has 2 N–H and O–H groups in total. The van der Waals surface area contributed by atoms with Gasteiger partial charge in [0, 0.05) is 31.8 Å². The van der Waals surface area contributed by atoms with Crippen LogP contribution in [0.25, 0.3) is 11.4 Å². The van der Waals surface area contributed by atoms with Crippen molar-refractivity contribution in [1.82, 2.24) is 10.1 Å². The maximum absolute atomic E-state index is 5.44.